The summed E-state index contributed by atoms with van der Waals surface area (Å²) in [5.74, 6) is 1.84. The van der Waals surface area contributed by atoms with Crippen molar-refractivity contribution in [2.75, 3.05) is 13.1 Å². The fourth-order valence-corrected chi connectivity index (χ4v) is 4.94. The van der Waals surface area contributed by atoms with Crippen molar-refractivity contribution in [1.29, 1.82) is 0 Å². The minimum Gasteiger partial charge on any atom is -0.329 e. The molecule has 2 aromatic rings. The van der Waals surface area contributed by atoms with Crippen LogP contribution < -0.4 is 0 Å². The van der Waals surface area contributed by atoms with Crippen molar-refractivity contribution in [2.45, 2.75) is 64.5 Å². The molecule has 1 saturated heterocycles. The molecule has 3 heteroatoms. The Balaban J connectivity index is 1.36. The lowest BCUT2D eigenvalue weighted by Crippen LogP contribution is -2.43. The summed E-state index contributed by atoms with van der Waals surface area (Å²) in [5, 5.41) is 1.27. The molecule has 0 spiro atoms. The highest BCUT2D eigenvalue weighted by atomic mass is 15.2. The first-order valence-electron chi connectivity index (χ1n) is 9.88. The average molecular weight is 326 g/mol. The molecule has 0 aromatic carbocycles. The van der Waals surface area contributed by atoms with Crippen LogP contribution in [0.5, 0.6) is 0 Å². The van der Waals surface area contributed by atoms with E-state index < -0.39 is 0 Å². The van der Waals surface area contributed by atoms with E-state index in [0.717, 1.165) is 23.5 Å². The van der Waals surface area contributed by atoms with Gasteiger partial charge in [-0.2, -0.15) is 0 Å². The summed E-state index contributed by atoms with van der Waals surface area (Å²) in [6.45, 7) is 7.31. The molecule has 2 fully saturated rings. The molecule has 4 rings (SSSR count). The van der Waals surface area contributed by atoms with Gasteiger partial charge >= 0.3 is 0 Å². The molecule has 130 valence electrons. The van der Waals surface area contributed by atoms with Gasteiger partial charge in [-0.25, -0.2) is 4.98 Å². The number of hydrogen-bond donors (Lipinski definition) is 0. The number of fused-ring (bicyclic) bond motifs is 1. The van der Waals surface area contributed by atoms with E-state index in [9.17, 15) is 0 Å². The van der Waals surface area contributed by atoms with Gasteiger partial charge in [-0.15, -0.1) is 0 Å². The molecular formula is C21H31N3. The Kier molecular flexibility index (Phi) is 4.62. The van der Waals surface area contributed by atoms with E-state index in [0.29, 0.717) is 6.04 Å². The quantitative estimate of drug-likeness (QED) is 0.801. The van der Waals surface area contributed by atoms with Gasteiger partial charge in [0.05, 0.1) is 0 Å². The second kappa shape index (κ2) is 6.87. The minimum absolute atomic E-state index is 0.626. The Morgan fingerprint density at radius 3 is 2.42 bits per heavy atom. The SMILES string of the molecule is CC(C)C1CCC(N2CCC(n3ccc4cccnc43)CC2)CC1. The van der Waals surface area contributed by atoms with Crippen molar-refractivity contribution >= 4 is 11.0 Å². The monoisotopic (exact) mass is 325 g/mol. The van der Waals surface area contributed by atoms with Crippen molar-refractivity contribution < 1.29 is 0 Å². The predicted octanol–water partition coefficient (Wildman–Crippen LogP) is 4.89. The third-order valence-electron chi connectivity index (χ3n) is 6.57. The van der Waals surface area contributed by atoms with E-state index in [1.165, 1.54) is 57.0 Å². The predicted molar refractivity (Wildman–Crippen MR) is 100 cm³/mol. The normalized spacial score (nSPS) is 27.1. The number of piperidine rings is 1. The number of rotatable bonds is 3. The van der Waals surface area contributed by atoms with E-state index in [4.69, 9.17) is 0 Å². The maximum absolute atomic E-state index is 4.60. The summed E-state index contributed by atoms with van der Waals surface area (Å²) < 4.78 is 2.42. The van der Waals surface area contributed by atoms with E-state index in [1.54, 1.807) is 0 Å². The highest BCUT2D eigenvalue weighted by Gasteiger charge is 2.30. The largest absolute Gasteiger partial charge is 0.329 e. The summed E-state index contributed by atoms with van der Waals surface area (Å²) in [6, 6.07) is 7.88. The Labute approximate surface area is 146 Å². The summed E-state index contributed by atoms with van der Waals surface area (Å²) in [6.07, 6.45) is 12.4. The van der Waals surface area contributed by atoms with Gasteiger partial charge in [0.1, 0.15) is 5.65 Å². The topological polar surface area (TPSA) is 21.1 Å². The van der Waals surface area contributed by atoms with Crippen molar-refractivity contribution in [3.8, 4) is 0 Å². The number of likely N-dealkylation sites (tertiary alicyclic amines) is 1. The van der Waals surface area contributed by atoms with Crippen LogP contribution in [0, 0.1) is 11.8 Å². The molecule has 0 N–H and O–H groups in total. The van der Waals surface area contributed by atoms with Crippen LogP contribution in [0.2, 0.25) is 0 Å². The van der Waals surface area contributed by atoms with Crippen molar-refractivity contribution in [3.63, 3.8) is 0 Å². The Morgan fingerprint density at radius 2 is 1.71 bits per heavy atom. The maximum Gasteiger partial charge on any atom is 0.140 e. The van der Waals surface area contributed by atoms with Crippen molar-refractivity contribution in [3.05, 3.63) is 30.6 Å². The van der Waals surface area contributed by atoms with E-state index in [-0.39, 0.29) is 0 Å². The molecule has 24 heavy (non-hydrogen) atoms. The fourth-order valence-electron chi connectivity index (χ4n) is 4.94. The van der Waals surface area contributed by atoms with Crippen LogP contribution in [-0.4, -0.2) is 33.6 Å². The smallest absolute Gasteiger partial charge is 0.140 e. The highest BCUT2D eigenvalue weighted by Crippen LogP contribution is 2.35. The van der Waals surface area contributed by atoms with Crippen LogP contribution in [0.4, 0.5) is 0 Å². The Hall–Kier alpha value is -1.35. The second-order valence-electron chi connectivity index (χ2n) is 8.22. The molecule has 1 saturated carbocycles. The van der Waals surface area contributed by atoms with Crippen LogP contribution >= 0.6 is 0 Å². The molecule has 0 amide bonds. The molecule has 0 radical (unpaired) electrons. The van der Waals surface area contributed by atoms with Gasteiger partial charge in [-0.3, -0.25) is 0 Å². The molecule has 1 aliphatic carbocycles. The van der Waals surface area contributed by atoms with Crippen LogP contribution in [0.15, 0.2) is 30.6 Å². The number of nitrogens with zero attached hydrogens (tertiary/aromatic N) is 3. The van der Waals surface area contributed by atoms with Gasteiger partial charge in [-0.05, 0) is 68.6 Å². The molecule has 3 nitrogen and oxygen atoms in total. The average Bonchev–Trinajstić information content (AvgIpc) is 3.06. The molecule has 2 aromatic heterocycles. The fraction of sp³-hybridized carbons (Fsp3) is 0.667. The highest BCUT2D eigenvalue weighted by molar-refractivity contribution is 5.75. The van der Waals surface area contributed by atoms with Gasteiger partial charge in [-0.1, -0.05) is 13.8 Å². The second-order valence-corrected chi connectivity index (χ2v) is 8.22. The lowest BCUT2D eigenvalue weighted by atomic mass is 9.79. The molecule has 1 aliphatic heterocycles. The summed E-state index contributed by atoms with van der Waals surface area (Å²) >= 11 is 0. The molecule has 0 unspecified atom stereocenters. The van der Waals surface area contributed by atoms with E-state index in [2.05, 4.69) is 46.6 Å². The molecule has 2 aliphatic rings. The minimum atomic E-state index is 0.626. The Bertz CT molecular complexity index is 659. The zero-order valence-electron chi connectivity index (χ0n) is 15.2. The summed E-state index contributed by atoms with van der Waals surface area (Å²) in [4.78, 5) is 7.38. The lowest BCUT2D eigenvalue weighted by molar-refractivity contribution is 0.0893. The van der Waals surface area contributed by atoms with E-state index >= 15 is 0 Å². The van der Waals surface area contributed by atoms with Crippen molar-refractivity contribution in [2.24, 2.45) is 11.8 Å². The maximum atomic E-state index is 4.60. The van der Waals surface area contributed by atoms with E-state index in [1.807, 2.05) is 12.3 Å². The summed E-state index contributed by atoms with van der Waals surface area (Å²) in [7, 11) is 0. The van der Waals surface area contributed by atoms with Gasteiger partial charge in [0.15, 0.2) is 0 Å². The van der Waals surface area contributed by atoms with Gasteiger partial charge in [0.2, 0.25) is 0 Å². The molecule has 0 atom stereocenters. The zero-order chi connectivity index (χ0) is 16.5. The van der Waals surface area contributed by atoms with Gasteiger partial charge in [0.25, 0.3) is 0 Å². The third kappa shape index (κ3) is 3.11. The van der Waals surface area contributed by atoms with Gasteiger partial charge in [0, 0.05) is 43.0 Å². The zero-order valence-corrected chi connectivity index (χ0v) is 15.2. The third-order valence-corrected chi connectivity index (χ3v) is 6.57. The first kappa shape index (κ1) is 16.1. The molecule has 0 bridgehead atoms. The molecule has 3 heterocycles. The van der Waals surface area contributed by atoms with Crippen LogP contribution in [0.1, 0.15) is 58.4 Å². The lowest BCUT2D eigenvalue weighted by Gasteiger charge is -2.41. The van der Waals surface area contributed by atoms with Gasteiger partial charge < -0.3 is 9.47 Å². The number of aromatic nitrogens is 2. The number of pyridine rings is 1. The summed E-state index contributed by atoms with van der Waals surface area (Å²) in [5.41, 5.74) is 1.16. The standard InChI is InChI=1S/C21H31N3/c1-16(2)17-5-7-19(8-6-17)23-13-10-20(11-14-23)24-15-9-18-4-3-12-22-21(18)24/h3-4,9,12,15-17,19-20H,5-8,10-11,13-14H2,1-2H3. The van der Waals surface area contributed by atoms with Crippen LogP contribution in [0.25, 0.3) is 11.0 Å². The van der Waals surface area contributed by atoms with Crippen LogP contribution in [-0.2, 0) is 0 Å². The molecular weight excluding hydrogens is 294 g/mol. The Morgan fingerprint density at radius 1 is 0.958 bits per heavy atom. The van der Waals surface area contributed by atoms with Crippen LogP contribution in [0.3, 0.4) is 0 Å². The first-order chi connectivity index (χ1) is 11.7. The number of hydrogen-bond acceptors (Lipinski definition) is 2. The van der Waals surface area contributed by atoms with Crippen molar-refractivity contribution in [1.82, 2.24) is 14.5 Å². The first-order valence-corrected chi connectivity index (χ1v) is 9.88.